The van der Waals surface area contributed by atoms with Crippen LogP contribution in [0.1, 0.15) is 16.1 Å². The van der Waals surface area contributed by atoms with Gasteiger partial charge in [-0.05, 0) is 23.8 Å². The number of rotatable bonds is 3. The lowest BCUT2D eigenvalue weighted by atomic mass is 10.1. The standard InChI is InChI=1S/C12H8ClFN2O/c13-9-2-1-8(5-10(9)14)6-12(17)11-3-4-15-7-16-11/h1-5,7H,6H2. The summed E-state index contributed by atoms with van der Waals surface area (Å²) in [6.45, 7) is 0. The Bertz CT molecular complexity index is 545. The fourth-order valence-corrected chi connectivity index (χ4v) is 1.50. The van der Waals surface area contributed by atoms with E-state index in [0.717, 1.165) is 0 Å². The maximum absolute atomic E-state index is 13.2. The number of carbonyl (C=O) groups is 1. The number of aromatic nitrogens is 2. The highest BCUT2D eigenvalue weighted by Crippen LogP contribution is 2.16. The van der Waals surface area contributed by atoms with E-state index in [2.05, 4.69) is 9.97 Å². The van der Waals surface area contributed by atoms with Gasteiger partial charge in [0.2, 0.25) is 0 Å². The van der Waals surface area contributed by atoms with Crippen LogP contribution in [0.3, 0.4) is 0 Å². The number of halogens is 2. The second kappa shape index (κ2) is 5.01. The normalized spacial score (nSPS) is 10.2. The van der Waals surface area contributed by atoms with Crippen molar-refractivity contribution in [1.82, 2.24) is 9.97 Å². The van der Waals surface area contributed by atoms with Crippen molar-refractivity contribution in [3.63, 3.8) is 0 Å². The summed E-state index contributed by atoms with van der Waals surface area (Å²) < 4.78 is 13.2. The number of nitrogens with zero attached hydrogens (tertiary/aromatic N) is 2. The Morgan fingerprint density at radius 1 is 1.35 bits per heavy atom. The lowest BCUT2D eigenvalue weighted by Crippen LogP contribution is -2.06. The minimum atomic E-state index is -0.528. The molecule has 1 heterocycles. The molecule has 1 aromatic heterocycles. The maximum Gasteiger partial charge on any atom is 0.185 e. The van der Waals surface area contributed by atoms with Gasteiger partial charge in [0, 0.05) is 12.6 Å². The van der Waals surface area contributed by atoms with E-state index >= 15 is 0 Å². The molecule has 0 saturated carbocycles. The maximum atomic E-state index is 13.2. The number of Topliss-reactive ketones (excluding diaryl/α,β-unsaturated/α-hetero) is 1. The summed E-state index contributed by atoms with van der Waals surface area (Å²) >= 11 is 5.55. The van der Waals surface area contributed by atoms with E-state index in [-0.39, 0.29) is 17.2 Å². The van der Waals surface area contributed by atoms with Crippen molar-refractivity contribution in [2.45, 2.75) is 6.42 Å². The number of benzene rings is 1. The monoisotopic (exact) mass is 250 g/mol. The molecule has 2 aromatic rings. The van der Waals surface area contributed by atoms with E-state index in [0.29, 0.717) is 11.3 Å². The Balaban J connectivity index is 2.16. The van der Waals surface area contributed by atoms with Crippen molar-refractivity contribution in [2.24, 2.45) is 0 Å². The molecule has 86 valence electrons. The molecule has 0 fully saturated rings. The molecule has 0 aliphatic carbocycles. The average Bonchev–Trinajstić information content (AvgIpc) is 2.35. The van der Waals surface area contributed by atoms with E-state index in [1.54, 1.807) is 6.07 Å². The lowest BCUT2D eigenvalue weighted by Gasteiger charge is -2.01. The highest BCUT2D eigenvalue weighted by Gasteiger charge is 2.09. The van der Waals surface area contributed by atoms with Crippen molar-refractivity contribution < 1.29 is 9.18 Å². The molecule has 0 aliphatic heterocycles. The van der Waals surface area contributed by atoms with Gasteiger partial charge in [0.15, 0.2) is 5.78 Å². The Kier molecular flexibility index (Phi) is 3.44. The van der Waals surface area contributed by atoms with Crippen molar-refractivity contribution in [2.75, 3.05) is 0 Å². The molecule has 0 N–H and O–H groups in total. The van der Waals surface area contributed by atoms with Gasteiger partial charge in [-0.2, -0.15) is 0 Å². The average molecular weight is 251 g/mol. The summed E-state index contributed by atoms with van der Waals surface area (Å²) in [5.41, 5.74) is 0.880. The van der Waals surface area contributed by atoms with Gasteiger partial charge in [-0.3, -0.25) is 4.79 Å². The van der Waals surface area contributed by atoms with Crippen molar-refractivity contribution in [3.05, 3.63) is 58.9 Å². The zero-order chi connectivity index (χ0) is 12.3. The largest absolute Gasteiger partial charge is 0.292 e. The Morgan fingerprint density at radius 3 is 2.82 bits per heavy atom. The first-order valence-corrected chi connectivity index (χ1v) is 5.28. The second-order valence-electron chi connectivity index (χ2n) is 3.44. The van der Waals surface area contributed by atoms with Crippen LogP contribution in [-0.2, 0) is 6.42 Å². The van der Waals surface area contributed by atoms with Crippen LogP contribution in [0.5, 0.6) is 0 Å². The fraction of sp³-hybridized carbons (Fsp3) is 0.0833. The topological polar surface area (TPSA) is 42.9 Å². The Hall–Kier alpha value is -1.81. The van der Waals surface area contributed by atoms with Crippen molar-refractivity contribution in [1.29, 1.82) is 0 Å². The lowest BCUT2D eigenvalue weighted by molar-refractivity contribution is 0.0988. The van der Waals surface area contributed by atoms with Crippen LogP contribution in [0.15, 0.2) is 36.8 Å². The first kappa shape index (κ1) is 11.7. The zero-order valence-electron chi connectivity index (χ0n) is 8.73. The SMILES string of the molecule is O=C(Cc1ccc(Cl)c(F)c1)c1ccncn1. The molecule has 2 rings (SSSR count). The molecule has 17 heavy (non-hydrogen) atoms. The smallest absolute Gasteiger partial charge is 0.185 e. The van der Waals surface area contributed by atoms with Crippen molar-refractivity contribution in [3.8, 4) is 0 Å². The van der Waals surface area contributed by atoms with Gasteiger partial charge >= 0.3 is 0 Å². The predicted octanol–water partition coefficient (Wildman–Crippen LogP) is 2.69. The van der Waals surface area contributed by atoms with E-state index in [9.17, 15) is 9.18 Å². The Labute approximate surface area is 102 Å². The predicted molar refractivity (Wildman–Crippen MR) is 61.5 cm³/mol. The molecule has 0 amide bonds. The fourth-order valence-electron chi connectivity index (χ4n) is 1.38. The van der Waals surface area contributed by atoms with Crippen LogP contribution in [-0.4, -0.2) is 15.8 Å². The Morgan fingerprint density at radius 2 is 2.18 bits per heavy atom. The molecule has 0 saturated heterocycles. The summed E-state index contributed by atoms with van der Waals surface area (Å²) in [5, 5.41) is 0.0447. The van der Waals surface area contributed by atoms with E-state index in [4.69, 9.17) is 11.6 Å². The van der Waals surface area contributed by atoms with E-state index in [1.165, 1.54) is 30.7 Å². The van der Waals surface area contributed by atoms with E-state index in [1.807, 2.05) is 0 Å². The van der Waals surface area contributed by atoms with Crippen LogP contribution in [0.25, 0.3) is 0 Å². The molecule has 0 bridgehead atoms. The number of hydrogen-bond acceptors (Lipinski definition) is 3. The minimum Gasteiger partial charge on any atom is -0.292 e. The first-order chi connectivity index (χ1) is 8.16. The van der Waals surface area contributed by atoms with Gasteiger partial charge in [-0.15, -0.1) is 0 Å². The molecule has 0 aliphatic rings. The quantitative estimate of drug-likeness (QED) is 0.787. The second-order valence-corrected chi connectivity index (χ2v) is 3.85. The highest BCUT2D eigenvalue weighted by molar-refractivity contribution is 6.30. The van der Waals surface area contributed by atoms with Gasteiger partial charge in [-0.25, -0.2) is 14.4 Å². The van der Waals surface area contributed by atoms with Gasteiger partial charge in [0.05, 0.1) is 5.02 Å². The van der Waals surface area contributed by atoms with Crippen LogP contribution in [0, 0.1) is 5.82 Å². The molecule has 1 aromatic carbocycles. The zero-order valence-corrected chi connectivity index (χ0v) is 9.49. The number of ketones is 1. The van der Waals surface area contributed by atoms with Crippen LogP contribution < -0.4 is 0 Å². The molecule has 0 radical (unpaired) electrons. The summed E-state index contributed by atoms with van der Waals surface area (Å²) in [4.78, 5) is 19.3. The summed E-state index contributed by atoms with van der Waals surface area (Å²) in [7, 11) is 0. The third-order valence-corrected chi connectivity index (χ3v) is 2.52. The molecule has 5 heteroatoms. The van der Waals surface area contributed by atoms with Crippen LogP contribution in [0.2, 0.25) is 5.02 Å². The number of carbonyl (C=O) groups excluding carboxylic acids is 1. The molecular formula is C12H8ClFN2O. The molecular weight excluding hydrogens is 243 g/mol. The summed E-state index contributed by atoms with van der Waals surface area (Å²) in [5.74, 6) is -0.714. The van der Waals surface area contributed by atoms with E-state index < -0.39 is 5.82 Å². The third kappa shape index (κ3) is 2.85. The van der Waals surface area contributed by atoms with Crippen molar-refractivity contribution >= 4 is 17.4 Å². The van der Waals surface area contributed by atoms with Gasteiger partial charge in [-0.1, -0.05) is 17.7 Å². The minimum absolute atomic E-state index is 0.0447. The molecule has 0 spiro atoms. The molecule has 0 atom stereocenters. The van der Waals surface area contributed by atoms with Crippen LogP contribution in [0.4, 0.5) is 4.39 Å². The molecule has 0 unspecified atom stereocenters. The van der Waals surface area contributed by atoms with Crippen LogP contribution >= 0.6 is 11.6 Å². The summed E-state index contributed by atoms with van der Waals surface area (Å²) in [6, 6.07) is 5.82. The molecule has 3 nitrogen and oxygen atoms in total. The summed E-state index contributed by atoms with van der Waals surface area (Å²) in [6.07, 6.45) is 2.88. The van der Waals surface area contributed by atoms with Gasteiger partial charge in [0.25, 0.3) is 0 Å². The third-order valence-electron chi connectivity index (χ3n) is 2.22. The van der Waals surface area contributed by atoms with Gasteiger partial charge in [0.1, 0.15) is 17.8 Å². The van der Waals surface area contributed by atoms with Gasteiger partial charge < -0.3 is 0 Å². The first-order valence-electron chi connectivity index (χ1n) is 4.90. The number of hydrogen-bond donors (Lipinski definition) is 0. The highest BCUT2D eigenvalue weighted by atomic mass is 35.5.